The molecule has 21 heavy (non-hydrogen) atoms. The van der Waals surface area contributed by atoms with Crippen molar-refractivity contribution in [2.24, 2.45) is 5.10 Å². The quantitative estimate of drug-likeness (QED) is 0.494. The summed E-state index contributed by atoms with van der Waals surface area (Å²) in [4.78, 5) is 4.27. The lowest BCUT2D eigenvalue weighted by atomic mass is 10.2. The van der Waals surface area contributed by atoms with Crippen LogP contribution in [0.2, 0.25) is 0 Å². The zero-order valence-corrected chi connectivity index (χ0v) is 14.1. The van der Waals surface area contributed by atoms with Crippen molar-refractivity contribution in [2.45, 2.75) is 13.8 Å². The number of nitrogens with zero attached hydrogens (tertiary/aromatic N) is 2. The minimum Gasteiger partial charge on any atom is -0.330 e. The number of hydrogen-bond donors (Lipinski definition) is 2. The van der Waals surface area contributed by atoms with Gasteiger partial charge in [-0.2, -0.15) is 5.10 Å². The number of anilines is 1. The van der Waals surface area contributed by atoms with Crippen LogP contribution in [0.3, 0.4) is 0 Å². The first kappa shape index (κ1) is 15.6. The standard InChI is InChI=1S/C15H15BrN4S/c1-10-7-8-17-14(9-10)11(2)19-20-15(21)18-13-6-4-3-5-12(13)16/h3-9H,1-2H3,(H2,18,20,21)/b19-11+. The molecule has 0 spiro atoms. The molecule has 0 fully saturated rings. The van der Waals surface area contributed by atoms with Crippen molar-refractivity contribution < 1.29 is 0 Å². The topological polar surface area (TPSA) is 49.3 Å². The van der Waals surface area contributed by atoms with E-state index < -0.39 is 0 Å². The zero-order chi connectivity index (χ0) is 15.2. The van der Waals surface area contributed by atoms with Gasteiger partial charge in [0, 0.05) is 10.7 Å². The first-order valence-electron chi connectivity index (χ1n) is 6.35. The van der Waals surface area contributed by atoms with E-state index in [1.165, 1.54) is 0 Å². The smallest absolute Gasteiger partial charge is 0.191 e. The van der Waals surface area contributed by atoms with Crippen LogP contribution in [0.5, 0.6) is 0 Å². The summed E-state index contributed by atoms with van der Waals surface area (Å²) in [6.07, 6.45) is 1.77. The number of aromatic nitrogens is 1. The van der Waals surface area contributed by atoms with E-state index in [0.717, 1.165) is 27.1 Å². The summed E-state index contributed by atoms with van der Waals surface area (Å²) < 4.78 is 0.940. The highest BCUT2D eigenvalue weighted by Gasteiger charge is 2.02. The van der Waals surface area contributed by atoms with E-state index in [9.17, 15) is 0 Å². The number of nitrogens with one attached hydrogen (secondary N) is 2. The van der Waals surface area contributed by atoms with Crippen molar-refractivity contribution in [1.82, 2.24) is 10.4 Å². The lowest BCUT2D eigenvalue weighted by Crippen LogP contribution is -2.25. The second-order valence-electron chi connectivity index (χ2n) is 4.46. The molecular formula is C15H15BrN4S. The first-order valence-corrected chi connectivity index (χ1v) is 7.55. The van der Waals surface area contributed by atoms with Crippen LogP contribution in [0.25, 0.3) is 0 Å². The summed E-state index contributed by atoms with van der Waals surface area (Å²) >= 11 is 8.67. The minimum atomic E-state index is 0.425. The summed E-state index contributed by atoms with van der Waals surface area (Å²) in [5.41, 5.74) is 6.45. The first-order chi connectivity index (χ1) is 10.1. The maximum Gasteiger partial charge on any atom is 0.191 e. The van der Waals surface area contributed by atoms with Crippen molar-refractivity contribution in [3.8, 4) is 0 Å². The molecular weight excluding hydrogens is 348 g/mol. The number of pyridine rings is 1. The molecule has 0 bridgehead atoms. The Morgan fingerprint density at radius 3 is 2.76 bits per heavy atom. The third-order valence-electron chi connectivity index (χ3n) is 2.73. The van der Waals surface area contributed by atoms with Crippen LogP contribution in [0.15, 0.2) is 52.2 Å². The molecule has 1 aromatic heterocycles. The van der Waals surface area contributed by atoms with Gasteiger partial charge in [-0.1, -0.05) is 12.1 Å². The molecule has 6 heteroatoms. The third-order valence-corrected chi connectivity index (χ3v) is 3.62. The van der Waals surface area contributed by atoms with Gasteiger partial charge in [-0.3, -0.25) is 10.4 Å². The number of thiocarbonyl (C=S) groups is 1. The van der Waals surface area contributed by atoms with Gasteiger partial charge in [-0.05, 0) is 71.8 Å². The van der Waals surface area contributed by atoms with Gasteiger partial charge in [0.15, 0.2) is 5.11 Å². The predicted molar refractivity (Wildman–Crippen MR) is 94.7 cm³/mol. The van der Waals surface area contributed by atoms with Crippen LogP contribution in [0.4, 0.5) is 5.69 Å². The Hall–Kier alpha value is -1.79. The van der Waals surface area contributed by atoms with Gasteiger partial charge in [0.2, 0.25) is 0 Å². The van der Waals surface area contributed by atoms with Crippen molar-refractivity contribution in [1.29, 1.82) is 0 Å². The van der Waals surface area contributed by atoms with Gasteiger partial charge in [-0.15, -0.1) is 0 Å². The maximum atomic E-state index is 5.22. The third kappa shape index (κ3) is 4.61. The van der Waals surface area contributed by atoms with Crippen LogP contribution >= 0.6 is 28.1 Å². The molecule has 2 N–H and O–H groups in total. The fourth-order valence-electron chi connectivity index (χ4n) is 1.64. The molecule has 1 aromatic carbocycles. The molecule has 0 radical (unpaired) electrons. The van der Waals surface area contributed by atoms with Crippen molar-refractivity contribution in [3.63, 3.8) is 0 Å². The Morgan fingerprint density at radius 1 is 1.29 bits per heavy atom. The van der Waals surface area contributed by atoms with Crippen LogP contribution in [-0.2, 0) is 0 Å². The van der Waals surface area contributed by atoms with Crippen LogP contribution in [0, 0.1) is 6.92 Å². The number of hydrazone groups is 1. The molecule has 0 aliphatic carbocycles. The lowest BCUT2D eigenvalue weighted by molar-refractivity contribution is 1.03. The molecule has 0 amide bonds. The Balaban J connectivity index is 2.00. The molecule has 0 saturated carbocycles. The molecule has 0 aliphatic rings. The number of aryl methyl sites for hydroxylation is 1. The van der Waals surface area contributed by atoms with Crippen molar-refractivity contribution >= 4 is 44.7 Å². The number of halogens is 1. The monoisotopic (exact) mass is 362 g/mol. The van der Waals surface area contributed by atoms with E-state index in [1.807, 2.05) is 50.2 Å². The largest absolute Gasteiger partial charge is 0.330 e. The number of para-hydroxylation sites is 1. The SMILES string of the molecule is C/C(=N\NC(=S)Nc1ccccc1Br)c1cc(C)ccn1. The number of rotatable bonds is 3. The molecule has 4 nitrogen and oxygen atoms in total. The van der Waals surface area contributed by atoms with Gasteiger partial charge < -0.3 is 5.32 Å². The van der Waals surface area contributed by atoms with E-state index >= 15 is 0 Å². The number of hydrogen-bond acceptors (Lipinski definition) is 3. The molecule has 0 atom stereocenters. The van der Waals surface area contributed by atoms with E-state index in [4.69, 9.17) is 12.2 Å². The highest BCUT2D eigenvalue weighted by Crippen LogP contribution is 2.20. The van der Waals surface area contributed by atoms with E-state index in [0.29, 0.717) is 5.11 Å². The molecule has 1 heterocycles. The van der Waals surface area contributed by atoms with Crippen molar-refractivity contribution in [3.05, 3.63) is 58.3 Å². The zero-order valence-electron chi connectivity index (χ0n) is 11.7. The highest BCUT2D eigenvalue weighted by atomic mass is 79.9. The Kier molecular flexibility index (Phi) is 5.41. The van der Waals surface area contributed by atoms with Gasteiger partial charge in [-0.25, -0.2) is 0 Å². The van der Waals surface area contributed by atoms with E-state index in [2.05, 4.69) is 36.8 Å². The summed E-state index contributed by atoms with van der Waals surface area (Å²) in [7, 11) is 0. The fraction of sp³-hybridized carbons (Fsp3) is 0.133. The normalized spacial score (nSPS) is 11.1. The Labute approximate surface area is 137 Å². The molecule has 0 saturated heterocycles. The Morgan fingerprint density at radius 2 is 2.05 bits per heavy atom. The average molecular weight is 363 g/mol. The molecule has 0 aliphatic heterocycles. The lowest BCUT2D eigenvalue weighted by Gasteiger charge is -2.09. The predicted octanol–water partition coefficient (Wildman–Crippen LogP) is 3.86. The maximum absolute atomic E-state index is 5.22. The summed E-state index contributed by atoms with van der Waals surface area (Å²) in [6.45, 7) is 3.90. The molecule has 2 aromatic rings. The van der Waals surface area contributed by atoms with Gasteiger partial charge in [0.1, 0.15) is 0 Å². The van der Waals surface area contributed by atoms with Crippen LogP contribution in [-0.4, -0.2) is 15.8 Å². The van der Waals surface area contributed by atoms with E-state index in [1.54, 1.807) is 6.20 Å². The second kappa shape index (κ2) is 7.28. The Bertz CT molecular complexity index is 685. The number of benzene rings is 1. The summed E-state index contributed by atoms with van der Waals surface area (Å²) in [6, 6.07) is 11.7. The highest BCUT2D eigenvalue weighted by molar-refractivity contribution is 9.10. The molecule has 2 rings (SSSR count). The van der Waals surface area contributed by atoms with E-state index in [-0.39, 0.29) is 0 Å². The second-order valence-corrected chi connectivity index (χ2v) is 5.72. The van der Waals surface area contributed by atoms with Crippen LogP contribution < -0.4 is 10.7 Å². The average Bonchev–Trinajstić information content (AvgIpc) is 2.47. The molecule has 0 unspecified atom stereocenters. The summed E-state index contributed by atoms with van der Waals surface area (Å²) in [5.74, 6) is 0. The van der Waals surface area contributed by atoms with Gasteiger partial charge in [0.05, 0.1) is 17.1 Å². The summed E-state index contributed by atoms with van der Waals surface area (Å²) in [5, 5.41) is 7.75. The van der Waals surface area contributed by atoms with Gasteiger partial charge in [0.25, 0.3) is 0 Å². The van der Waals surface area contributed by atoms with Crippen LogP contribution in [0.1, 0.15) is 18.2 Å². The molecule has 108 valence electrons. The van der Waals surface area contributed by atoms with Gasteiger partial charge >= 0.3 is 0 Å². The van der Waals surface area contributed by atoms with Crippen molar-refractivity contribution in [2.75, 3.05) is 5.32 Å². The minimum absolute atomic E-state index is 0.425. The fourth-order valence-corrected chi connectivity index (χ4v) is 2.18.